The van der Waals surface area contributed by atoms with Gasteiger partial charge in [0.25, 0.3) is 0 Å². The largest absolute Gasteiger partial charge is 0.497 e. The van der Waals surface area contributed by atoms with E-state index in [0.29, 0.717) is 41.4 Å². The van der Waals surface area contributed by atoms with Crippen LogP contribution in [0.3, 0.4) is 0 Å². The minimum Gasteiger partial charge on any atom is -0.497 e. The minimum atomic E-state index is -0.467. The third-order valence-corrected chi connectivity index (χ3v) is 6.21. The Morgan fingerprint density at radius 2 is 2.00 bits per heavy atom. The normalized spacial score (nSPS) is 20.2. The lowest BCUT2D eigenvalue weighted by atomic mass is 9.69. The molecular weight excluding hydrogens is 400 g/mol. The van der Waals surface area contributed by atoms with Gasteiger partial charge >= 0.3 is 5.97 Å². The minimum absolute atomic E-state index is 0.0526. The first-order valence-corrected chi connectivity index (χ1v) is 10.9. The average molecular weight is 427 g/mol. The van der Waals surface area contributed by atoms with E-state index in [-0.39, 0.29) is 22.9 Å². The third kappa shape index (κ3) is 4.54. The second kappa shape index (κ2) is 8.97. The summed E-state index contributed by atoms with van der Waals surface area (Å²) in [5, 5.41) is 13.9. The summed E-state index contributed by atoms with van der Waals surface area (Å²) in [4.78, 5) is 25.0. The lowest BCUT2D eigenvalue weighted by molar-refractivity contribution is -0.139. The zero-order valence-electron chi connectivity index (χ0n) is 17.7. The summed E-state index contributed by atoms with van der Waals surface area (Å²) in [6, 6.07) is 9.72. The van der Waals surface area contributed by atoms with E-state index in [4.69, 9.17) is 9.47 Å². The van der Waals surface area contributed by atoms with Crippen LogP contribution in [-0.2, 0) is 14.3 Å². The van der Waals surface area contributed by atoms with E-state index < -0.39 is 5.92 Å². The number of methoxy groups -OCH3 is 1. The summed E-state index contributed by atoms with van der Waals surface area (Å²) in [7, 11) is 1.59. The van der Waals surface area contributed by atoms with Gasteiger partial charge in [-0.1, -0.05) is 37.7 Å². The van der Waals surface area contributed by atoms with E-state index >= 15 is 0 Å². The van der Waals surface area contributed by atoms with Crippen LogP contribution in [0.5, 0.6) is 5.75 Å². The zero-order valence-corrected chi connectivity index (χ0v) is 18.5. The first-order valence-electron chi connectivity index (χ1n) is 9.89. The first-order chi connectivity index (χ1) is 14.3. The summed E-state index contributed by atoms with van der Waals surface area (Å²) in [5.74, 6) is 0.0471. The number of carbonyl (C=O) groups excluding carboxylic acids is 2. The molecule has 7 heteroatoms. The van der Waals surface area contributed by atoms with E-state index in [9.17, 15) is 14.9 Å². The Morgan fingerprint density at radius 1 is 1.30 bits per heavy atom. The molecule has 1 aromatic carbocycles. The molecule has 0 spiro atoms. The van der Waals surface area contributed by atoms with Crippen molar-refractivity contribution in [2.45, 2.75) is 39.5 Å². The number of esters is 1. The van der Waals surface area contributed by atoms with Gasteiger partial charge in [-0.2, -0.15) is 5.26 Å². The highest BCUT2D eigenvalue weighted by atomic mass is 32.2. The van der Waals surface area contributed by atoms with E-state index in [1.165, 1.54) is 11.8 Å². The molecule has 30 heavy (non-hydrogen) atoms. The van der Waals surface area contributed by atoms with Crippen molar-refractivity contribution in [3.8, 4) is 11.8 Å². The number of rotatable bonds is 6. The number of ketones is 1. The van der Waals surface area contributed by atoms with Crippen LogP contribution in [0.4, 0.5) is 0 Å². The molecule has 0 saturated carbocycles. The van der Waals surface area contributed by atoms with Crippen LogP contribution in [0.25, 0.3) is 0 Å². The standard InChI is InChI=1S/C23H26N2O4S/c1-5-29-19(27)13-30-22-16(12-24)20(14-6-8-15(28-4)9-7-14)21-17(25-22)10-23(2,3)11-18(21)26/h6-9,20,25H,5,10-11,13H2,1-4H3. The van der Waals surface area contributed by atoms with Gasteiger partial charge in [0.2, 0.25) is 0 Å². The highest BCUT2D eigenvalue weighted by Gasteiger charge is 2.41. The van der Waals surface area contributed by atoms with Crippen molar-refractivity contribution in [2.24, 2.45) is 5.41 Å². The molecule has 0 fully saturated rings. The lowest BCUT2D eigenvalue weighted by Gasteiger charge is -2.39. The Morgan fingerprint density at radius 3 is 2.60 bits per heavy atom. The molecule has 1 heterocycles. The Balaban J connectivity index is 2.06. The molecule has 1 N–H and O–H groups in total. The maximum Gasteiger partial charge on any atom is 0.316 e. The molecule has 3 rings (SSSR count). The number of ether oxygens (including phenoxy) is 2. The topological polar surface area (TPSA) is 88.4 Å². The van der Waals surface area contributed by atoms with Gasteiger partial charge in [0.1, 0.15) is 5.75 Å². The van der Waals surface area contributed by atoms with Crippen LogP contribution in [0.1, 0.15) is 45.1 Å². The first kappa shape index (κ1) is 22.0. The van der Waals surface area contributed by atoms with Crippen LogP contribution in [0.2, 0.25) is 0 Å². The van der Waals surface area contributed by atoms with Gasteiger partial charge in [0.15, 0.2) is 5.78 Å². The predicted octanol–water partition coefficient (Wildman–Crippen LogP) is 4.06. The van der Waals surface area contributed by atoms with Gasteiger partial charge in [-0.3, -0.25) is 9.59 Å². The summed E-state index contributed by atoms with van der Waals surface area (Å²) < 4.78 is 10.3. The van der Waals surface area contributed by atoms with Crippen molar-refractivity contribution in [3.63, 3.8) is 0 Å². The fourth-order valence-corrected chi connectivity index (χ4v) is 4.81. The average Bonchev–Trinajstić information content (AvgIpc) is 2.70. The van der Waals surface area contributed by atoms with Gasteiger partial charge in [-0.15, -0.1) is 0 Å². The van der Waals surface area contributed by atoms with Crippen molar-refractivity contribution in [3.05, 3.63) is 51.7 Å². The molecule has 6 nitrogen and oxygen atoms in total. The molecule has 1 atom stereocenters. The maximum absolute atomic E-state index is 13.1. The Bertz CT molecular complexity index is 954. The number of hydrogen-bond acceptors (Lipinski definition) is 7. The molecule has 1 aromatic rings. The molecule has 1 aliphatic carbocycles. The predicted molar refractivity (Wildman–Crippen MR) is 116 cm³/mol. The Hall–Kier alpha value is -2.72. The third-order valence-electron chi connectivity index (χ3n) is 5.22. The van der Waals surface area contributed by atoms with E-state index in [1.807, 2.05) is 24.3 Å². The molecular formula is C23H26N2O4S. The fourth-order valence-electron chi connectivity index (χ4n) is 3.95. The second-order valence-corrected chi connectivity index (χ2v) is 9.10. The SMILES string of the molecule is CCOC(=O)CSC1=C(C#N)C(c2ccc(OC)cc2)C2=C(CC(C)(C)CC2=O)N1. The van der Waals surface area contributed by atoms with Crippen LogP contribution < -0.4 is 10.1 Å². The highest BCUT2D eigenvalue weighted by Crippen LogP contribution is 2.47. The van der Waals surface area contributed by atoms with Crippen molar-refractivity contribution < 1.29 is 19.1 Å². The molecule has 1 aliphatic heterocycles. The van der Waals surface area contributed by atoms with Crippen LogP contribution in [-0.4, -0.2) is 31.2 Å². The molecule has 0 saturated heterocycles. The van der Waals surface area contributed by atoms with E-state index in [0.717, 1.165) is 11.3 Å². The number of nitrogens with one attached hydrogen (secondary N) is 1. The molecule has 2 aliphatic rings. The highest BCUT2D eigenvalue weighted by molar-refractivity contribution is 8.03. The van der Waals surface area contributed by atoms with Gasteiger partial charge in [-0.05, 0) is 36.5 Å². The van der Waals surface area contributed by atoms with Gasteiger partial charge in [0.05, 0.1) is 42.1 Å². The van der Waals surface area contributed by atoms with Crippen molar-refractivity contribution in [1.29, 1.82) is 5.26 Å². The molecule has 0 aromatic heterocycles. The number of allylic oxidation sites excluding steroid dienone is 3. The number of hydrogen-bond donors (Lipinski definition) is 1. The molecule has 158 valence electrons. The van der Waals surface area contributed by atoms with E-state index in [1.54, 1.807) is 14.0 Å². The van der Waals surface area contributed by atoms with Crippen molar-refractivity contribution in [2.75, 3.05) is 19.5 Å². The summed E-state index contributed by atoms with van der Waals surface area (Å²) in [5.41, 5.74) is 2.61. The maximum atomic E-state index is 13.1. The molecule has 0 bridgehead atoms. The number of Topliss-reactive ketones (excluding diaryl/α,β-unsaturated/α-hetero) is 1. The number of benzene rings is 1. The quantitative estimate of drug-likeness (QED) is 0.686. The molecule has 1 unspecified atom stereocenters. The monoisotopic (exact) mass is 426 g/mol. The fraction of sp³-hybridized carbons (Fsp3) is 0.435. The number of dihydropyridines is 1. The summed E-state index contributed by atoms with van der Waals surface area (Å²) in [6.07, 6.45) is 1.13. The van der Waals surface area contributed by atoms with Crippen molar-refractivity contribution >= 4 is 23.5 Å². The zero-order chi connectivity index (χ0) is 21.9. The Labute approximate surface area is 181 Å². The second-order valence-electron chi connectivity index (χ2n) is 8.11. The number of carbonyl (C=O) groups is 2. The van der Waals surface area contributed by atoms with E-state index in [2.05, 4.69) is 25.2 Å². The molecule has 0 amide bonds. The van der Waals surface area contributed by atoms with Crippen LogP contribution >= 0.6 is 11.8 Å². The van der Waals surface area contributed by atoms with Gasteiger partial charge in [-0.25, -0.2) is 0 Å². The summed E-state index contributed by atoms with van der Waals surface area (Å²) >= 11 is 1.24. The summed E-state index contributed by atoms with van der Waals surface area (Å²) in [6.45, 7) is 6.19. The van der Waals surface area contributed by atoms with Crippen LogP contribution in [0, 0.1) is 16.7 Å². The number of nitriles is 1. The Kier molecular flexibility index (Phi) is 6.57. The van der Waals surface area contributed by atoms with Gasteiger partial charge < -0.3 is 14.8 Å². The number of thioether (sulfide) groups is 1. The smallest absolute Gasteiger partial charge is 0.316 e. The lowest BCUT2D eigenvalue weighted by Crippen LogP contribution is -2.37. The number of nitrogens with zero attached hydrogens (tertiary/aromatic N) is 1. The van der Waals surface area contributed by atoms with Gasteiger partial charge in [0, 0.05) is 17.7 Å². The molecule has 0 radical (unpaired) electrons. The van der Waals surface area contributed by atoms with Crippen molar-refractivity contribution in [1.82, 2.24) is 5.32 Å². The van der Waals surface area contributed by atoms with Crippen LogP contribution in [0.15, 0.2) is 46.1 Å².